The third kappa shape index (κ3) is 4.01. The monoisotopic (exact) mass is 405 g/mol. The highest BCUT2D eigenvalue weighted by atomic mass is 79.9. The lowest BCUT2D eigenvalue weighted by molar-refractivity contribution is 0.0947. The van der Waals surface area contributed by atoms with E-state index in [2.05, 4.69) is 31.4 Å². The molecule has 0 aliphatic carbocycles. The molecule has 0 bridgehead atoms. The number of amides is 1. The summed E-state index contributed by atoms with van der Waals surface area (Å²) < 4.78 is 6.24. The molecule has 2 aromatic heterocycles. The Morgan fingerprint density at radius 2 is 2.12 bits per heavy atom. The number of halogens is 2. The number of pyridine rings is 1. The molecule has 0 unspecified atom stereocenters. The maximum absolute atomic E-state index is 12.2. The van der Waals surface area contributed by atoms with Crippen LogP contribution in [0.4, 0.5) is 0 Å². The summed E-state index contributed by atoms with van der Waals surface area (Å²) in [4.78, 5) is 16.2. The zero-order valence-corrected chi connectivity index (χ0v) is 15.1. The number of carbonyl (C=O) groups is 1. The molecule has 3 rings (SSSR count). The molecule has 0 saturated heterocycles. The number of carbonyl (C=O) groups excluding carboxylic acids is 1. The van der Waals surface area contributed by atoms with Crippen LogP contribution in [-0.4, -0.2) is 16.0 Å². The van der Waals surface area contributed by atoms with Crippen molar-refractivity contribution in [3.8, 4) is 11.3 Å². The van der Waals surface area contributed by atoms with Crippen molar-refractivity contribution in [3.05, 3.63) is 69.1 Å². The highest BCUT2D eigenvalue weighted by Crippen LogP contribution is 2.22. The first-order chi connectivity index (χ1) is 11.5. The van der Waals surface area contributed by atoms with Crippen LogP contribution in [0.1, 0.15) is 21.8 Å². The molecule has 0 atom stereocenters. The van der Waals surface area contributed by atoms with Gasteiger partial charge in [0.05, 0.1) is 6.54 Å². The van der Waals surface area contributed by atoms with E-state index >= 15 is 0 Å². The van der Waals surface area contributed by atoms with Crippen LogP contribution in [0.3, 0.4) is 0 Å². The molecule has 0 aliphatic heterocycles. The van der Waals surface area contributed by atoms with Gasteiger partial charge in [0, 0.05) is 27.4 Å². The molecule has 3 aromatic rings. The molecule has 24 heavy (non-hydrogen) atoms. The van der Waals surface area contributed by atoms with Crippen LogP contribution in [0.25, 0.3) is 11.3 Å². The molecule has 2 heterocycles. The largest absolute Gasteiger partial charge is 0.359 e. The minimum atomic E-state index is -0.247. The first kappa shape index (κ1) is 16.7. The number of nitrogens with one attached hydrogen (secondary N) is 1. The molecule has 1 aromatic carbocycles. The standard InChI is InChI=1S/C17H13BrClN3O2/c1-10-5-12(7-16(19)21-10)17(23)20-9-14-8-15(22-24-14)11-3-2-4-13(18)6-11/h2-8H,9H2,1H3,(H,20,23). The van der Waals surface area contributed by atoms with E-state index in [1.807, 2.05) is 24.3 Å². The van der Waals surface area contributed by atoms with Gasteiger partial charge in [-0.2, -0.15) is 0 Å². The molecule has 5 nitrogen and oxygen atoms in total. The molecule has 0 spiro atoms. The van der Waals surface area contributed by atoms with Gasteiger partial charge in [0.25, 0.3) is 5.91 Å². The topological polar surface area (TPSA) is 68.0 Å². The average Bonchev–Trinajstić information content (AvgIpc) is 3.00. The maximum atomic E-state index is 12.2. The van der Waals surface area contributed by atoms with Gasteiger partial charge < -0.3 is 9.84 Å². The predicted molar refractivity (Wildman–Crippen MR) is 94.8 cm³/mol. The van der Waals surface area contributed by atoms with Crippen LogP contribution in [-0.2, 0) is 6.54 Å². The predicted octanol–water partition coefficient (Wildman–Crippen LogP) is 4.39. The van der Waals surface area contributed by atoms with Gasteiger partial charge in [0.15, 0.2) is 5.76 Å². The van der Waals surface area contributed by atoms with Gasteiger partial charge in [-0.05, 0) is 31.2 Å². The highest BCUT2D eigenvalue weighted by Gasteiger charge is 2.11. The van der Waals surface area contributed by atoms with Gasteiger partial charge in [-0.1, -0.05) is 44.8 Å². The van der Waals surface area contributed by atoms with Crippen molar-refractivity contribution < 1.29 is 9.32 Å². The Bertz CT molecular complexity index is 875. The smallest absolute Gasteiger partial charge is 0.251 e. The van der Waals surface area contributed by atoms with Crippen molar-refractivity contribution in [3.63, 3.8) is 0 Å². The third-order valence-corrected chi connectivity index (χ3v) is 3.97. The SMILES string of the molecule is Cc1cc(C(=O)NCc2cc(-c3cccc(Br)c3)no2)cc(Cl)n1. The van der Waals surface area contributed by atoms with E-state index in [1.54, 1.807) is 19.1 Å². The zero-order valence-electron chi connectivity index (χ0n) is 12.7. The first-order valence-corrected chi connectivity index (χ1v) is 8.32. The van der Waals surface area contributed by atoms with Crippen molar-refractivity contribution >= 4 is 33.4 Å². The lowest BCUT2D eigenvalue weighted by Crippen LogP contribution is -2.22. The lowest BCUT2D eigenvalue weighted by Gasteiger charge is -2.04. The minimum absolute atomic E-state index is 0.235. The Morgan fingerprint density at radius 3 is 2.88 bits per heavy atom. The normalized spacial score (nSPS) is 10.6. The Balaban J connectivity index is 1.68. The van der Waals surface area contributed by atoms with E-state index in [1.165, 1.54) is 6.07 Å². The molecule has 0 radical (unpaired) electrons. The summed E-state index contributed by atoms with van der Waals surface area (Å²) in [6.07, 6.45) is 0. The number of benzene rings is 1. The summed E-state index contributed by atoms with van der Waals surface area (Å²) in [5, 5.41) is 7.09. The second kappa shape index (κ2) is 7.15. The summed E-state index contributed by atoms with van der Waals surface area (Å²) in [7, 11) is 0. The average molecular weight is 407 g/mol. The number of aromatic nitrogens is 2. The fourth-order valence-electron chi connectivity index (χ4n) is 2.21. The molecular formula is C17H13BrClN3O2. The van der Waals surface area contributed by atoms with Gasteiger partial charge in [-0.15, -0.1) is 0 Å². The Morgan fingerprint density at radius 1 is 1.29 bits per heavy atom. The summed E-state index contributed by atoms with van der Waals surface area (Å²) in [6, 6.07) is 12.7. The minimum Gasteiger partial charge on any atom is -0.359 e. The van der Waals surface area contributed by atoms with Gasteiger partial charge in [0.2, 0.25) is 0 Å². The Labute approximate surface area is 152 Å². The third-order valence-electron chi connectivity index (χ3n) is 3.29. The van der Waals surface area contributed by atoms with Crippen molar-refractivity contribution in [1.29, 1.82) is 0 Å². The second-order valence-corrected chi connectivity index (χ2v) is 6.49. The molecule has 0 aliphatic rings. The summed E-state index contributed by atoms with van der Waals surface area (Å²) >= 11 is 9.29. The van der Waals surface area contributed by atoms with Crippen molar-refractivity contribution in [2.45, 2.75) is 13.5 Å². The Hall–Kier alpha value is -2.18. The van der Waals surface area contributed by atoms with Gasteiger partial charge in [-0.3, -0.25) is 4.79 Å². The molecule has 1 N–H and O–H groups in total. The molecule has 0 saturated carbocycles. The lowest BCUT2D eigenvalue weighted by atomic mass is 10.1. The summed E-state index contributed by atoms with van der Waals surface area (Å²) in [6.45, 7) is 2.02. The van der Waals surface area contributed by atoms with Gasteiger partial charge >= 0.3 is 0 Å². The number of rotatable bonds is 4. The molecule has 0 fully saturated rings. The quantitative estimate of drug-likeness (QED) is 0.652. The molecule has 122 valence electrons. The van der Waals surface area contributed by atoms with Crippen LogP contribution in [0.2, 0.25) is 5.15 Å². The van der Waals surface area contributed by atoms with E-state index in [4.69, 9.17) is 16.1 Å². The molecule has 1 amide bonds. The van der Waals surface area contributed by atoms with Crippen molar-refractivity contribution in [2.24, 2.45) is 0 Å². The van der Waals surface area contributed by atoms with E-state index in [0.717, 1.165) is 10.0 Å². The summed E-state index contributed by atoms with van der Waals surface area (Å²) in [5.74, 6) is 0.318. The van der Waals surface area contributed by atoms with Gasteiger partial charge in [0.1, 0.15) is 10.8 Å². The number of hydrogen-bond acceptors (Lipinski definition) is 4. The van der Waals surface area contributed by atoms with Crippen LogP contribution in [0.5, 0.6) is 0 Å². The van der Waals surface area contributed by atoms with E-state index in [0.29, 0.717) is 22.7 Å². The van der Waals surface area contributed by atoms with Crippen molar-refractivity contribution in [2.75, 3.05) is 0 Å². The number of nitrogens with zero attached hydrogens (tertiary/aromatic N) is 2. The van der Waals surface area contributed by atoms with E-state index in [-0.39, 0.29) is 17.6 Å². The number of hydrogen-bond donors (Lipinski definition) is 1. The zero-order chi connectivity index (χ0) is 17.1. The molecule has 7 heteroatoms. The summed E-state index contributed by atoms with van der Waals surface area (Å²) in [5.41, 5.74) is 2.79. The van der Waals surface area contributed by atoms with Crippen LogP contribution in [0, 0.1) is 6.92 Å². The van der Waals surface area contributed by atoms with Gasteiger partial charge in [-0.25, -0.2) is 4.98 Å². The fourth-order valence-corrected chi connectivity index (χ4v) is 2.86. The number of aryl methyl sites for hydroxylation is 1. The molecular weight excluding hydrogens is 394 g/mol. The van der Waals surface area contributed by atoms with Crippen LogP contribution >= 0.6 is 27.5 Å². The van der Waals surface area contributed by atoms with Crippen LogP contribution in [0.15, 0.2) is 51.5 Å². The fraction of sp³-hybridized carbons (Fsp3) is 0.118. The van der Waals surface area contributed by atoms with Crippen LogP contribution < -0.4 is 5.32 Å². The maximum Gasteiger partial charge on any atom is 0.251 e. The van der Waals surface area contributed by atoms with E-state index in [9.17, 15) is 4.79 Å². The van der Waals surface area contributed by atoms with Crippen molar-refractivity contribution in [1.82, 2.24) is 15.5 Å². The second-order valence-electron chi connectivity index (χ2n) is 5.19. The highest BCUT2D eigenvalue weighted by molar-refractivity contribution is 9.10. The first-order valence-electron chi connectivity index (χ1n) is 7.15. The van der Waals surface area contributed by atoms with E-state index < -0.39 is 0 Å². The Kier molecular flexibility index (Phi) is 4.97.